The molecule has 1 heterocycles. The molecule has 0 saturated heterocycles. The first-order valence-electron chi connectivity index (χ1n) is 4.09. The van der Waals surface area contributed by atoms with Crippen molar-refractivity contribution >= 4 is 6.21 Å². The third-order valence-corrected chi connectivity index (χ3v) is 1.66. The zero-order valence-electron chi connectivity index (χ0n) is 7.46. The van der Waals surface area contributed by atoms with Crippen molar-refractivity contribution in [3.8, 4) is 0 Å². The lowest BCUT2D eigenvalue weighted by Crippen LogP contribution is -2.44. The molecule has 3 heteroatoms. The summed E-state index contributed by atoms with van der Waals surface area (Å²) in [7, 11) is 0. The lowest BCUT2D eigenvalue weighted by Gasteiger charge is -2.20. The van der Waals surface area contributed by atoms with Crippen LogP contribution < -0.4 is 5.53 Å². The summed E-state index contributed by atoms with van der Waals surface area (Å²) in [6.45, 7) is 8.32. The maximum Gasteiger partial charge on any atom is 0.199 e. The van der Waals surface area contributed by atoms with Crippen molar-refractivity contribution in [3.05, 3.63) is 11.8 Å². The van der Waals surface area contributed by atoms with Crippen LogP contribution in [-0.4, -0.2) is 29.0 Å². The quantitative estimate of drug-likeness (QED) is 0.592. The molecule has 62 valence electrons. The van der Waals surface area contributed by atoms with Crippen LogP contribution in [0.15, 0.2) is 11.8 Å². The van der Waals surface area contributed by atoms with Gasteiger partial charge in [-0.05, 0) is 20.8 Å². The van der Waals surface area contributed by atoms with E-state index in [-0.39, 0.29) is 0 Å². The molecular weight excluding hydrogens is 138 g/mol. The molecule has 0 atom stereocenters. The summed E-state index contributed by atoms with van der Waals surface area (Å²) in [5.74, 6) is 0. The van der Waals surface area contributed by atoms with Crippen molar-refractivity contribution < 1.29 is 4.68 Å². The van der Waals surface area contributed by atoms with Crippen LogP contribution in [0.3, 0.4) is 0 Å². The molecule has 0 unspecified atom stereocenters. The molecule has 0 aromatic rings. The van der Waals surface area contributed by atoms with Gasteiger partial charge in [0.15, 0.2) is 12.8 Å². The molecular formula is C8H16N3+. The molecule has 11 heavy (non-hydrogen) atoms. The van der Waals surface area contributed by atoms with Gasteiger partial charge in [-0.15, -0.1) is 10.2 Å². The fraction of sp³-hybridized carbons (Fsp3) is 0.625. The Bertz CT molecular complexity index is 194. The van der Waals surface area contributed by atoms with Crippen molar-refractivity contribution in [2.45, 2.75) is 20.8 Å². The third kappa shape index (κ3) is 1.97. The van der Waals surface area contributed by atoms with Gasteiger partial charge in [0.2, 0.25) is 0 Å². The molecule has 0 aromatic heterocycles. The van der Waals surface area contributed by atoms with E-state index in [1.807, 2.05) is 0 Å². The zero-order chi connectivity index (χ0) is 8.27. The number of hydrazine groups is 2. The Morgan fingerprint density at radius 3 is 2.82 bits per heavy atom. The molecule has 1 rings (SSSR count). The molecule has 0 spiro atoms. The fourth-order valence-electron chi connectivity index (χ4n) is 1.07. The Morgan fingerprint density at radius 2 is 2.27 bits per heavy atom. The van der Waals surface area contributed by atoms with E-state index in [0.717, 1.165) is 13.1 Å². The summed E-state index contributed by atoms with van der Waals surface area (Å²) in [6, 6.07) is 0. The molecule has 0 radical (unpaired) electrons. The second-order valence-electron chi connectivity index (χ2n) is 2.67. The van der Waals surface area contributed by atoms with Crippen LogP contribution in [-0.2, 0) is 0 Å². The van der Waals surface area contributed by atoms with E-state index >= 15 is 0 Å². The predicted molar refractivity (Wildman–Crippen MR) is 46.1 cm³/mol. The van der Waals surface area contributed by atoms with Gasteiger partial charge in [0, 0.05) is 18.3 Å². The van der Waals surface area contributed by atoms with E-state index in [9.17, 15) is 0 Å². The first-order chi connectivity index (χ1) is 5.26. The predicted octanol–water partition coefficient (Wildman–Crippen LogP) is 0.748. The highest BCUT2D eigenvalue weighted by Gasteiger charge is 2.10. The molecule has 1 aliphatic rings. The van der Waals surface area contributed by atoms with Gasteiger partial charge in [0.05, 0.1) is 0 Å². The number of hydrazone groups is 1. The second kappa shape index (κ2) is 3.42. The monoisotopic (exact) mass is 154 g/mol. The van der Waals surface area contributed by atoms with Crippen molar-refractivity contribution in [1.82, 2.24) is 10.5 Å². The summed E-state index contributed by atoms with van der Waals surface area (Å²) in [5, 5.41) is 2.07. The summed E-state index contributed by atoms with van der Waals surface area (Å²) in [4.78, 5) is 0. The first kappa shape index (κ1) is 8.11. The smallest absolute Gasteiger partial charge is 0.199 e. The molecule has 1 N–H and O–H groups in total. The van der Waals surface area contributed by atoms with Gasteiger partial charge in [-0.3, -0.25) is 0 Å². The molecule has 0 amide bonds. The van der Waals surface area contributed by atoms with Gasteiger partial charge < -0.3 is 0 Å². The van der Waals surface area contributed by atoms with Crippen molar-refractivity contribution in [2.75, 3.05) is 13.1 Å². The highest BCUT2D eigenvalue weighted by Crippen LogP contribution is 1.96. The lowest BCUT2D eigenvalue weighted by molar-refractivity contribution is -0.609. The number of rotatable bonds is 2. The summed E-state index contributed by atoms with van der Waals surface area (Å²) < 4.78 is 2.07. The van der Waals surface area contributed by atoms with Crippen LogP contribution in [0.25, 0.3) is 0 Å². The van der Waals surface area contributed by atoms with Gasteiger partial charge in [-0.25, -0.2) is 5.01 Å². The van der Waals surface area contributed by atoms with E-state index in [1.165, 1.54) is 5.57 Å². The minimum absolute atomic E-state index is 0.988. The first-order valence-corrected chi connectivity index (χ1v) is 4.09. The molecule has 0 fully saturated rings. The summed E-state index contributed by atoms with van der Waals surface area (Å²) >= 11 is 0. The maximum absolute atomic E-state index is 3.22. The Morgan fingerprint density at radius 1 is 1.55 bits per heavy atom. The van der Waals surface area contributed by atoms with Gasteiger partial charge in [-0.2, -0.15) is 0 Å². The number of hydrogen-bond acceptors (Lipinski definition) is 2. The minimum atomic E-state index is 0.988. The fourth-order valence-corrected chi connectivity index (χ4v) is 1.07. The molecule has 1 aliphatic heterocycles. The van der Waals surface area contributed by atoms with E-state index in [0.29, 0.717) is 0 Å². The van der Waals surface area contributed by atoms with E-state index in [4.69, 9.17) is 0 Å². The number of nitrogens with one attached hydrogen (secondary N) is 1. The van der Waals surface area contributed by atoms with E-state index in [2.05, 4.69) is 48.4 Å². The summed E-state index contributed by atoms with van der Waals surface area (Å²) in [6.07, 6.45) is 4.21. The third-order valence-electron chi connectivity index (χ3n) is 1.66. The normalized spacial score (nSPS) is 17.2. The SMILES string of the molecule is CCN1C=C(C)C=[N+](CC)N1. The Hall–Kier alpha value is -0.990. The standard InChI is InChI=1S/C8H16N3/c1-4-10-6-8(3)7-11(5-2)9-10/h6-7,9H,4-5H2,1-3H3/q+1. The second-order valence-corrected chi connectivity index (χ2v) is 2.67. The van der Waals surface area contributed by atoms with Crippen LogP contribution in [0.4, 0.5) is 0 Å². The largest absolute Gasteiger partial charge is 0.248 e. The van der Waals surface area contributed by atoms with Gasteiger partial charge in [0.1, 0.15) is 0 Å². The Balaban J connectivity index is 2.67. The minimum Gasteiger partial charge on any atom is -0.248 e. The van der Waals surface area contributed by atoms with Crippen LogP contribution in [0.1, 0.15) is 20.8 Å². The van der Waals surface area contributed by atoms with Crippen molar-refractivity contribution in [1.29, 1.82) is 0 Å². The van der Waals surface area contributed by atoms with Crippen LogP contribution >= 0.6 is 0 Å². The van der Waals surface area contributed by atoms with E-state index in [1.54, 1.807) is 0 Å². The van der Waals surface area contributed by atoms with Crippen molar-refractivity contribution in [3.63, 3.8) is 0 Å². The number of allylic oxidation sites excluding steroid dienone is 1. The topological polar surface area (TPSA) is 18.3 Å². The number of hydrogen-bond donors (Lipinski definition) is 1. The van der Waals surface area contributed by atoms with Gasteiger partial charge in [-0.1, -0.05) is 0 Å². The van der Waals surface area contributed by atoms with Crippen LogP contribution in [0.2, 0.25) is 0 Å². The highest BCUT2D eigenvalue weighted by atomic mass is 15.7. The summed E-state index contributed by atoms with van der Waals surface area (Å²) in [5.41, 5.74) is 4.50. The van der Waals surface area contributed by atoms with E-state index < -0.39 is 0 Å². The molecule has 3 nitrogen and oxygen atoms in total. The van der Waals surface area contributed by atoms with Gasteiger partial charge in [0.25, 0.3) is 0 Å². The van der Waals surface area contributed by atoms with Gasteiger partial charge >= 0.3 is 0 Å². The van der Waals surface area contributed by atoms with Crippen LogP contribution in [0, 0.1) is 0 Å². The zero-order valence-corrected chi connectivity index (χ0v) is 7.46. The lowest BCUT2D eigenvalue weighted by atomic mass is 10.3. The Labute approximate surface area is 68.0 Å². The average Bonchev–Trinajstić information content (AvgIpc) is 2.03. The van der Waals surface area contributed by atoms with Crippen LogP contribution in [0.5, 0.6) is 0 Å². The number of nitrogens with zero attached hydrogens (tertiary/aromatic N) is 2. The average molecular weight is 154 g/mol. The highest BCUT2D eigenvalue weighted by molar-refractivity contribution is 5.73. The maximum atomic E-state index is 3.22. The van der Waals surface area contributed by atoms with Crippen molar-refractivity contribution in [2.24, 2.45) is 0 Å². The molecule has 0 saturated carbocycles. The molecule has 0 aliphatic carbocycles. The Kier molecular flexibility index (Phi) is 2.52. The molecule has 0 aromatic carbocycles. The molecule has 0 bridgehead atoms.